The number of carbonyl (C=O) groups excluding carboxylic acids is 1. The number of carbonyl (C=O) groups is 1. The highest BCUT2D eigenvalue weighted by Gasteiger charge is 2.37. The first-order valence-electron chi connectivity index (χ1n) is 11.1. The smallest absolute Gasteiger partial charge is 0.239 e. The molecule has 4 nitrogen and oxygen atoms in total. The standard InChI is InChI=1S/C27H31N3O/c1-3-29-18-20-30(21-19-29)25-16-14-24(15-17-25)28-26(31)27(2,22-10-6-4-7-11-22)23-12-8-5-9-13-23/h4-17H,3,18-21H2,1-2H3,(H,28,31). The summed E-state index contributed by atoms with van der Waals surface area (Å²) >= 11 is 0. The summed E-state index contributed by atoms with van der Waals surface area (Å²) in [4.78, 5) is 18.4. The number of amides is 1. The molecule has 0 bridgehead atoms. The Morgan fingerprint density at radius 3 is 1.81 bits per heavy atom. The topological polar surface area (TPSA) is 35.6 Å². The average Bonchev–Trinajstić information content (AvgIpc) is 2.85. The fourth-order valence-electron chi connectivity index (χ4n) is 4.31. The van der Waals surface area contributed by atoms with Gasteiger partial charge in [0, 0.05) is 37.6 Å². The van der Waals surface area contributed by atoms with Crippen molar-refractivity contribution in [2.24, 2.45) is 0 Å². The van der Waals surface area contributed by atoms with Crippen LogP contribution >= 0.6 is 0 Å². The van der Waals surface area contributed by atoms with Gasteiger partial charge >= 0.3 is 0 Å². The summed E-state index contributed by atoms with van der Waals surface area (Å²) in [7, 11) is 0. The zero-order valence-corrected chi connectivity index (χ0v) is 18.4. The third-order valence-electron chi connectivity index (χ3n) is 6.47. The minimum absolute atomic E-state index is 0.0331. The van der Waals surface area contributed by atoms with Crippen LogP contribution in [0.1, 0.15) is 25.0 Å². The van der Waals surface area contributed by atoms with Crippen LogP contribution < -0.4 is 10.2 Å². The predicted octanol–water partition coefficient (Wildman–Crippen LogP) is 4.77. The van der Waals surface area contributed by atoms with Gasteiger partial charge in [-0.15, -0.1) is 0 Å². The van der Waals surface area contributed by atoms with Crippen LogP contribution in [0.3, 0.4) is 0 Å². The number of hydrogen-bond acceptors (Lipinski definition) is 3. The van der Waals surface area contributed by atoms with Crippen molar-refractivity contribution in [3.8, 4) is 0 Å². The number of anilines is 2. The normalized spacial score (nSPS) is 15.0. The van der Waals surface area contributed by atoms with Crippen molar-refractivity contribution >= 4 is 17.3 Å². The molecule has 4 rings (SSSR count). The van der Waals surface area contributed by atoms with E-state index in [2.05, 4.69) is 34.2 Å². The number of nitrogens with zero attached hydrogens (tertiary/aromatic N) is 2. The van der Waals surface area contributed by atoms with E-state index < -0.39 is 5.41 Å². The largest absolute Gasteiger partial charge is 0.369 e. The molecule has 4 heteroatoms. The van der Waals surface area contributed by atoms with Gasteiger partial charge < -0.3 is 15.1 Å². The average molecular weight is 414 g/mol. The fourth-order valence-corrected chi connectivity index (χ4v) is 4.31. The zero-order valence-electron chi connectivity index (χ0n) is 18.4. The lowest BCUT2D eigenvalue weighted by Crippen LogP contribution is -2.46. The van der Waals surface area contributed by atoms with Gasteiger partial charge in [-0.3, -0.25) is 4.79 Å². The van der Waals surface area contributed by atoms with Crippen LogP contribution in [0.25, 0.3) is 0 Å². The van der Waals surface area contributed by atoms with Crippen molar-refractivity contribution in [3.63, 3.8) is 0 Å². The highest BCUT2D eigenvalue weighted by atomic mass is 16.2. The second-order valence-corrected chi connectivity index (χ2v) is 8.28. The van der Waals surface area contributed by atoms with Crippen molar-refractivity contribution in [3.05, 3.63) is 96.1 Å². The van der Waals surface area contributed by atoms with Gasteiger partial charge in [0.25, 0.3) is 0 Å². The molecule has 1 fully saturated rings. The molecule has 0 saturated carbocycles. The SMILES string of the molecule is CCN1CCN(c2ccc(NC(=O)C(C)(c3ccccc3)c3ccccc3)cc2)CC1. The van der Waals surface area contributed by atoms with E-state index in [9.17, 15) is 4.79 Å². The van der Waals surface area contributed by atoms with E-state index in [-0.39, 0.29) is 5.91 Å². The number of piperazine rings is 1. The van der Waals surface area contributed by atoms with E-state index in [1.54, 1.807) is 0 Å². The van der Waals surface area contributed by atoms with Crippen molar-refractivity contribution in [2.75, 3.05) is 42.9 Å². The van der Waals surface area contributed by atoms with E-state index in [1.165, 1.54) is 5.69 Å². The van der Waals surface area contributed by atoms with Gasteiger partial charge in [-0.1, -0.05) is 67.6 Å². The second kappa shape index (κ2) is 9.36. The van der Waals surface area contributed by atoms with E-state index in [4.69, 9.17) is 0 Å². The van der Waals surface area contributed by atoms with Gasteiger partial charge in [0.15, 0.2) is 0 Å². The van der Waals surface area contributed by atoms with E-state index in [1.807, 2.05) is 79.7 Å². The monoisotopic (exact) mass is 413 g/mol. The molecule has 0 spiro atoms. The first-order chi connectivity index (χ1) is 15.1. The molecular weight excluding hydrogens is 382 g/mol. The van der Waals surface area contributed by atoms with E-state index in [0.717, 1.165) is 49.5 Å². The Hall–Kier alpha value is -3.11. The fraction of sp³-hybridized carbons (Fsp3) is 0.296. The molecule has 3 aromatic rings. The van der Waals surface area contributed by atoms with Crippen molar-refractivity contribution in [1.29, 1.82) is 0 Å². The molecule has 0 unspecified atom stereocenters. The molecular formula is C27H31N3O. The lowest BCUT2D eigenvalue weighted by atomic mass is 9.75. The summed E-state index contributed by atoms with van der Waals surface area (Å²) < 4.78 is 0. The molecule has 0 atom stereocenters. The molecule has 1 N–H and O–H groups in total. The highest BCUT2D eigenvalue weighted by Crippen LogP contribution is 2.33. The van der Waals surface area contributed by atoms with Gasteiger partial charge in [-0.25, -0.2) is 0 Å². The molecule has 1 saturated heterocycles. The molecule has 160 valence electrons. The Balaban J connectivity index is 1.53. The maximum absolute atomic E-state index is 13.6. The molecule has 31 heavy (non-hydrogen) atoms. The molecule has 1 aliphatic rings. The van der Waals surface area contributed by atoms with Crippen molar-refractivity contribution < 1.29 is 4.79 Å². The maximum Gasteiger partial charge on any atom is 0.239 e. The Kier molecular flexibility index (Phi) is 6.38. The number of likely N-dealkylation sites (N-methyl/N-ethyl adjacent to an activating group) is 1. The Morgan fingerprint density at radius 2 is 1.32 bits per heavy atom. The highest BCUT2D eigenvalue weighted by molar-refractivity contribution is 6.01. The summed E-state index contributed by atoms with van der Waals surface area (Å²) in [5.41, 5.74) is 3.20. The summed E-state index contributed by atoms with van der Waals surface area (Å²) in [5, 5.41) is 3.16. The second-order valence-electron chi connectivity index (χ2n) is 8.28. The third kappa shape index (κ3) is 4.49. The summed E-state index contributed by atoms with van der Waals surface area (Å²) in [5.74, 6) is -0.0331. The van der Waals surface area contributed by atoms with Gasteiger partial charge in [0.05, 0.1) is 5.41 Å². The van der Waals surface area contributed by atoms with Gasteiger partial charge in [-0.05, 0) is 48.9 Å². The minimum Gasteiger partial charge on any atom is -0.369 e. The molecule has 1 aliphatic heterocycles. The number of benzene rings is 3. The zero-order chi connectivity index (χ0) is 21.7. The van der Waals surface area contributed by atoms with E-state index in [0.29, 0.717) is 0 Å². The molecule has 0 aliphatic carbocycles. The first-order valence-corrected chi connectivity index (χ1v) is 11.1. The Bertz CT molecular complexity index is 939. The number of rotatable bonds is 6. The molecule has 3 aromatic carbocycles. The third-order valence-corrected chi connectivity index (χ3v) is 6.47. The summed E-state index contributed by atoms with van der Waals surface area (Å²) in [6, 6.07) is 28.2. The van der Waals surface area contributed by atoms with Crippen LogP contribution in [-0.2, 0) is 10.2 Å². The van der Waals surface area contributed by atoms with Gasteiger partial charge in [0.2, 0.25) is 5.91 Å². The van der Waals surface area contributed by atoms with Crippen LogP contribution in [0.4, 0.5) is 11.4 Å². The maximum atomic E-state index is 13.6. The van der Waals surface area contributed by atoms with Crippen molar-refractivity contribution in [1.82, 2.24) is 4.90 Å². The Morgan fingerprint density at radius 1 is 0.806 bits per heavy atom. The minimum atomic E-state index is -0.780. The van der Waals surface area contributed by atoms with Crippen LogP contribution in [0.15, 0.2) is 84.9 Å². The lowest BCUT2D eigenvalue weighted by Gasteiger charge is -2.35. The number of hydrogen-bond donors (Lipinski definition) is 1. The molecule has 1 heterocycles. The molecule has 0 aromatic heterocycles. The van der Waals surface area contributed by atoms with Crippen LogP contribution in [0.2, 0.25) is 0 Å². The van der Waals surface area contributed by atoms with Crippen LogP contribution in [-0.4, -0.2) is 43.5 Å². The predicted molar refractivity (Wildman–Crippen MR) is 129 cm³/mol. The molecule has 1 amide bonds. The van der Waals surface area contributed by atoms with Gasteiger partial charge in [0.1, 0.15) is 0 Å². The Labute approximate surface area is 185 Å². The first kappa shape index (κ1) is 21.1. The quantitative estimate of drug-likeness (QED) is 0.632. The van der Waals surface area contributed by atoms with Crippen LogP contribution in [0.5, 0.6) is 0 Å². The number of nitrogens with one attached hydrogen (secondary N) is 1. The summed E-state index contributed by atoms with van der Waals surface area (Å²) in [6.45, 7) is 9.60. The van der Waals surface area contributed by atoms with E-state index >= 15 is 0 Å². The summed E-state index contributed by atoms with van der Waals surface area (Å²) in [6.07, 6.45) is 0. The van der Waals surface area contributed by atoms with Crippen molar-refractivity contribution in [2.45, 2.75) is 19.3 Å². The van der Waals surface area contributed by atoms with Crippen LogP contribution in [0, 0.1) is 0 Å². The lowest BCUT2D eigenvalue weighted by molar-refractivity contribution is -0.119. The van der Waals surface area contributed by atoms with Gasteiger partial charge in [-0.2, -0.15) is 0 Å². The molecule has 0 radical (unpaired) electrons.